The van der Waals surface area contributed by atoms with Crippen LogP contribution < -0.4 is 15.3 Å². The van der Waals surface area contributed by atoms with Crippen molar-refractivity contribution in [3.05, 3.63) is 87.9 Å². The molecule has 1 N–H and O–H groups in total. The Bertz CT molecular complexity index is 1460. The lowest BCUT2D eigenvalue weighted by molar-refractivity contribution is 0.0776. The van der Waals surface area contributed by atoms with Gasteiger partial charge in [-0.25, -0.2) is 14.0 Å². The van der Waals surface area contributed by atoms with E-state index in [1.807, 2.05) is 38.1 Å². The van der Waals surface area contributed by atoms with Gasteiger partial charge < -0.3 is 19.5 Å². The number of carbonyl (C=O) groups is 2. The van der Waals surface area contributed by atoms with Crippen LogP contribution in [-0.4, -0.2) is 70.0 Å². The van der Waals surface area contributed by atoms with Crippen molar-refractivity contribution in [1.82, 2.24) is 19.8 Å². The summed E-state index contributed by atoms with van der Waals surface area (Å²) in [5, 5.41) is 0. The molecule has 9 nitrogen and oxygen atoms in total. The molecule has 1 aromatic heterocycles. The number of nitrogens with one attached hydrogen (secondary N) is 1. The van der Waals surface area contributed by atoms with Crippen LogP contribution in [0.2, 0.25) is 0 Å². The largest absolute Gasteiger partial charge is 0.496 e. The number of benzene rings is 2. The van der Waals surface area contributed by atoms with Crippen LogP contribution in [0.1, 0.15) is 41.5 Å². The molecule has 2 saturated heterocycles. The molecule has 3 heterocycles. The van der Waals surface area contributed by atoms with Crippen LogP contribution in [0.25, 0.3) is 0 Å². The predicted octanol–water partition coefficient (Wildman–Crippen LogP) is 3.56. The average molecular weight is 520 g/mol. The fraction of sp³-hybridized carbons (Fsp3) is 0.357. The second-order valence-electron chi connectivity index (χ2n) is 10.2. The van der Waals surface area contributed by atoms with E-state index in [1.165, 1.54) is 18.2 Å². The number of urea groups is 1. The molecule has 2 fully saturated rings. The topological polar surface area (TPSA) is 98.8 Å². The van der Waals surface area contributed by atoms with Gasteiger partial charge in [-0.15, -0.1) is 0 Å². The maximum atomic E-state index is 14.4. The van der Waals surface area contributed by atoms with Gasteiger partial charge in [0.05, 0.1) is 12.6 Å². The molecule has 3 amide bonds. The van der Waals surface area contributed by atoms with E-state index in [9.17, 15) is 18.8 Å². The molecule has 2 aliphatic rings. The Morgan fingerprint density at radius 3 is 2.58 bits per heavy atom. The number of hydrogen-bond acceptors (Lipinski definition) is 5. The van der Waals surface area contributed by atoms with Gasteiger partial charge >= 0.3 is 11.7 Å². The summed E-state index contributed by atoms with van der Waals surface area (Å²) in [6.45, 7) is 6.27. The number of aromatic amines is 1. The third-order valence-electron chi connectivity index (χ3n) is 7.43. The van der Waals surface area contributed by atoms with Gasteiger partial charge in [0.25, 0.3) is 5.91 Å². The fourth-order valence-electron chi connectivity index (χ4n) is 5.77. The standard InChI is InChI=1S/C28H30FN5O4/c1-17(2)33-16-28(34(27(33)37)20-9-7-8-19(29)13-20)15-32(25(35)23-12-18(3)30-26(36)31-23)14-22(28)21-10-5-6-11-24(21)38-4/h5-13,17,22H,14-16H2,1-4H3,(H,30,31,36)/t22?,28-/m1/s1. The Morgan fingerprint density at radius 2 is 1.89 bits per heavy atom. The fourth-order valence-corrected chi connectivity index (χ4v) is 5.77. The molecule has 0 saturated carbocycles. The van der Waals surface area contributed by atoms with E-state index in [2.05, 4.69) is 9.97 Å². The molecule has 5 rings (SSSR count). The first-order valence-electron chi connectivity index (χ1n) is 12.5. The molecule has 2 atom stereocenters. The summed E-state index contributed by atoms with van der Waals surface area (Å²) in [7, 11) is 1.58. The zero-order valence-corrected chi connectivity index (χ0v) is 21.8. The van der Waals surface area contributed by atoms with Crippen LogP contribution in [0.15, 0.2) is 59.4 Å². The first-order chi connectivity index (χ1) is 18.1. The monoisotopic (exact) mass is 519 g/mol. The van der Waals surface area contributed by atoms with Crippen LogP contribution in [0.5, 0.6) is 5.75 Å². The van der Waals surface area contributed by atoms with Gasteiger partial charge in [0, 0.05) is 48.5 Å². The summed E-state index contributed by atoms with van der Waals surface area (Å²) < 4.78 is 20.1. The minimum Gasteiger partial charge on any atom is -0.496 e. The number of hydrogen-bond donors (Lipinski definition) is 1. The van der Waals surface area contributed by atoms with Crippen LogP contribution in [0, 0.1) is 12.7 Å². The minimum atomic E-state index is -0.935. The second kappa shape index (κ2) is 9.59. The van der Waals surface area contributed by atoms with E-state index in [-0.39, 0.29) is 36.8 Å². The number of halogens is 1. The molecule has 2 aliphatic heterocycles. The molecule has 38 heavy (non-hydrogen) atoms. The van der Waals surface area contributed by atoms with E-state index in [1.54, 1.807) is 40.9 Å². The number of likely N-dealkylation sites (tertiary alicyclic amines) is 1. The summed E-state index contributed by atoms with van der Waals surface area (Å²) in [5.74, 6) is -0.616. The molecule has 3 aromatic rings. The highest BCUT2D eigenvalue weighted by Crippen LogP contribution is 2.49. The maximum Gasteiger partial charge on any atom is 0.345 e. The summed E-state index contributed by atoms with van der Waals surface area (Å²) in [6.07, 6.45) is 0. The Hall–Kier alpha value is -4.21. The number of anilines is 1. The summed E-state index contributed by atoms with van der Waals surface area (Å²) >= 11 is 0. The van der Waals surface area contributed by atoms with E-state index in [0.29, 0.717) is 23.7 Å². The van der Waals surface area contributed by atoms with Crippen molar-refractivity contribution in [2.45, 2.75) is 38.3 Å². The molecular weight excluding hydrogens is 489 g/mol. The number of ether oxygens (including phenoxy) is 1. The number of para-hydroxylation sites is 1. The number of H-pyrrole nitrogens is 1. The summed E-state index contributed by atoms with van der Waals surface area (Å²) in [5.41, 5.74) is 0.260. The molecule has 1 unspecified atom stereocenters. The molecule has 0 bridgehead atoms. The summed E-state index contributed by atoms with van der Waals surface area (Å²) in [6, 6.07) is 14.6. The van der Waals surface area contributed by atoms with Crippen LogP contribution in [-0.2, 0) is 0 Å². The molecule has 2 aromatic carbocycles. The predicted molar refractivity (Wildman–Crippen MR) is 140 cm³/mol. The van der Waals surface area contributed by atoms with Crippen LogP contribution in [0.4, 0.5) is 14.9 Å². The van der Waals surface area contributed by atoms with Crippen molar-refractivity contribution in [2.75, 3.05) is 31.6 Å². The number of methoxy groups -OCH3 is 1. The zero-order chi connectivity index (χ0) is 27.2. The van der Waals surface area contributed by atoms with Gasteiger partial charge in [-0.3, -0.25) is 9.69 Å². The number of aryl methyl sites for hydroxylation is 1. The first kappa shape index (κ1) is 25.4. The van der Waals surface area contributed by atoms with E-state index in [0.717, 1.165) is 5.56 Å². The van der Waals surface area contributed by atoms with E-state index < -0.39 is 23.0 Å². The van der Waals surface area contributed by atoms with Crippen molar-refractivity contribution < 1.29 is 18.7 Å². The average Bonchev–Trinajstić information content (AvgIpc) is 3.40. The highest BCUT2D eigenvalue weighted by atomic mass is 19.1. The van der Waals surface area contributed by atoms with Crippen molar-refractivity contribution in [3.8, 4) is 5.75 Å². The van der Waals surface area contributed by atoms with E-state index in [4.69, 9.17) is 4.74 Å². The van der Waals surface area contributed by atoms with Crippen molar-refractivity contribution >= 4 is 17.6 Å². The highest BCUT2D eigenvalue weighted by Gasteiger charge is 2.61. The lowest BCUT2D eigenvalue weighted by Gasteiger charge is -2.38. The Kier molecular flexibility index (Phi) is 6.42. The molecule has 10 heteroatoms. The normalized spacial score (nSPS) is 21.2. The lowest BCUT2D eigenvalue weighted by atomic mass is 9.80. The molecule has 1 spiro atoms. The van der Waals surface area contributed by atoms with Gasteiger partial charge in [-0.2, -0.15) is 4.98 Å². The number of amides is 3. The molecule has 198 valence electrons. The molecular formula is C28H30FN5O4. The first-order valence-corrected chi connectivity index (χ1v) is 12.5. The van der Waals surface area contributed by atoms with Crippen molar-refractivity contribution in [3.63, 3.8) is 0 Å². The Labute approximate surface area is 219 Å². The number of carbonyl (C=O) groups excluding carboxylic acids is 2. The number of aromatic nitrogens is 2. The van der Waals surface area contributed by atoms with Crippen molar-refractivity contribution in [2.24, 2.45) is 0 Å². The van der Waals surface area contributed by atoms with Gasteiger partial charge in [-0.05, 0) is 51.1 Å². The quantitative estimate of drug-likeness (QED) is 0.556. The number of nitrogens with zero attached hydrogens (tertiary/aromatic N) is 4. The maximum absolute atomic E-state index is 14.4. The Balaban J connectivity index is 1.69. The van der Waals surface area contributed by atoms with Crippen LogP contribution >= 0.6 is 0 Å². The Morgan fingerprint density at radius 1 is 1.13 bits per heavy atom. The highest BCUT2D eigenvalue weighted by molar-refractivity contribution is 5.98. The van der Waals surface area contributed by atoms with Gasteiger partial charge in [0.15, 0.2) is 0 Å². The third kappa shape index (κ3) is 4.19. The molecule has 0 radical (unpaired) electrons. The third-order valence-corrected chi connectivity index (χ3v) is 7.43. The second-order valence-corrected chi connectivity index (χ2v) is 10.2. The smallest absolute Gasteiger partial charge is 0.345 e. The SMILES string of the molecule is COc1ccccc1C1CN(C(=O)c2cc(C)[nH]c(=O)n2)C[C@@]12CN(C(C)C)C(=O)N2c1cccc(F)c1. The number of rotatable bonds is 5. The lowest BCUT2D eigenvalue weighted by Crippen LogP contribution is -2.53. The van der Waals surface area contributed by atoms with Crippen LogP contribution in [0.3, 0.4) is 0 Å². The van der Waals surface area contributed by atoms with Gasteiger partial charge in [-0.1, -0.05) is 24.3 Å². The van der Waals surface area contributed by atoms with Gasteiger partial charge in [0.2, 0.25) is 0 Å². The van der Waals surface area contributed by atoms with E-state index >= 15 is 0 Å². The zero-order valence-electron chi connectivity index (χ0n) is 21.8. The molecule has 0 aliphatic carbocycles. The van der Waals surface area contributed by atoms with Crippen molar-refractivity contribution in [1.29, 1.82) is 0 Å². The summed E-state index contributed by atoms with van der Waals surface area (Å²) in [4.78, 5) is 51.2. The minimum absolute atomic E-state index is 0.0319. The van der Waals surface area contributed by atoms with Gasteiger partial charge in [0.1, 0.15) is 17.3 Å².